The molecule has 1 saturated heterocycles. The summed E-state index contributed by atoms with van der Waals surface area (Å²) in [4.78, 5) is 2.32. The summed E-state index contributed by atoms with van der Waals surface area (Å²) in [5.41, 5.74) is 1.89. The minimum absolute atomic E-state index is 0.781. The van der Waals surface area contributed by atoms with Crippen LogP contribution in [0, 0.1) is 11.3 Å². The van der Waals surface area contributed by atoms with Crippen molar-refractivity contribution in [1.29, 1.82) is 5.26 Å². The normalized spacial score (nSPS) is 17.3. The molecule has 0 amide bonds. The zero-order valence-corrected chi connectivity index (χ0v) is 8.65. The molecule has 0 bridgehead atoms. The Labute approximate surface area is 89.9 Å². The standard InChI is InChI=1S/C12H14N2O/c13-9-11-3-1-2-4-12(11)10-14-5-7-15-8-6-14/h1-4H,5-8,10H2. The molecule has 15 heavy (non-hydrogen) atoms. The largest absolute Gasteiger partial charge is 0.379 e. The fourth-order valence-electron chi connectivity index (χ4n) is 1.77. The number of morpholine rings is 1. The van der Waals surface area contributed by atoms with Crippen molar-refractivity contribution in [2.45, 2.75) is 6.54 Å². The van der Waals surface area contributed by atoms with E-state index in [1.165, 1.54) is 0 Å². The molecule has 3 nitrogen and oxygen atoms in total. The van der Waals surface area contributed by atoms with Crippen molar-refractivity contribution in [3.8, 4) is 6.07 Å². The summed E-state index contributed by atoms with van der Waals surface area (Å²) in [6.45, 7) is 4.37. The van der Waals surface area contributed by atoms with Gasteiger partial charge in [-0.25, -0.2) is 0 Å². The van der Waals surface area contributed by atoms with Gasteiger partial charge in [-0.1, -0.05) is 18.2 Å². The summed E-state index contributed by atoms with van der Waals surface area (Å²) in [5, 5.41) is 8.95. The van der Waals surface area contributed by atoms with Crippen molar-refractivity contribution in [3.63, 3.8) is 0 Å². The number of benzene rings is 1. The molecule has 3 heteroatoms. The summed E-state index contributed by atoms with van der Waals surface area (Å²) in [7, 11) is 0. The maximum absolute atomic E-state index is 8.95. The molecule has 2 rings (SSSR count). The quantitative estimate of drug-likeness (QED) is 0.727. The van der Waals surface area contributed by atoms with Gasteiger partial charge in [0.2, 0.25) is 0 Å². The molecule has 0 aliphatic carbocycles. The highest BCUT2D eigenvalue weighted by molar-refractivity contribution is 5.37. The number of ether oxygens (including phenoxy) is 1. The molecule has 1 aromatic rings. The van der Waals surface area contributed by atoms with Gasteiger partial charge in [-0.15, -0.1) is 0 Å². The molecular formula is C12H14N2O. The molecule has 1 fully saturated rings. The Morgan fingerprint density at radius 3 is 2.73 bits per heavy atom. The van der Waals surface area contributed by atoms with Crippen LogP contribution in [0.5, 0.6) is 0 Å². The van der Waals surface area contributed by atoms with Crippen LogP contribution in [-0.2, 0) is 11.3 Å². The van der Waals surface area contributed by atoms with E-state index < -0.39 is 0 Å². The molecule has 1 heterocycles. The van der Waals surface area contributed by atoms with Crippen LogP contribution in [0.2, 0.25) is 0 Å². The van der Waals surface area contributed by atoms with E-state index in [1.807, 2.05) is 24.3 Å². The van der Waals surface area contributed by atoms with Gasteiger partial charge >= 0.3 is 0 Å². The van der Waals surface area contributed by atoms with Crippen LogP contribution in [0.4, 0.5) is 0 Å². The van der Waals surface area contributed by atoms with E-state index in [-0.39, 0.29) is 0 Å². The molecule has 0 aromatic heterocycles. The third-order valence-electron chi connectivity index (χ3n) is 2.64. The van der Waals surface area contributed by atoms with Crippen LogP contribution >= 0.6 is 0 Å². The van der Waals surface area contributed by atoms with Gasteiger partial charge < -0.3 is 4.74 Å². The predicted molar refractivity (Wildman–Crippen MR) is 57.3 cm³/mol. The molecule has 1 aromatic carbocycles. The Hall–Kier alpha value is -1.37. The second kappa shape index (κ2) is 4.92. The molecule has 0 unspecified atom stereocenters. The van der Waals surface area contributed by atoms with E-state index in [9.17, 15) is 0 Å². The predicted octanol–water partition coefficient (Wildman–Crippen LogP) is 1.39. The van der Waals surface area contributed by atoms with Crippen molar-refractivity contribution < 1.29 is 4.74 Å². The Morgan fingerprint density at radius 2 is 2.00 bits per heavy atom. The van der Waals surface area contributed by atoms with Crippen LogP contribution < -0.4 is 0 Å². The fraction of sp³-hybridized carbons (Fsp3) is 0.417. The molecule has 1 aliphatic rings. The molecule has 1 aliphatic heterocycles. The monoisotopic (exact) mass is 202 g/mol. The van der Waals surface area contributed by atoms with Gasteiger partial charge in [0, 0.05) is 19.6 Å². The van der Waals surface area contributed by atoms with Crippen molar-refractivity contribution in [2.75, 3.05) is 26.3 Å². The van der Waals surface area contributed by atoms with Crippen molar-refractivity contribution >= 4 is 0 Å². The lowest BCUT2D eigenvalue weighted by Gasteiger charge is -2.26. The van der Waals surface area contributed by atoms with Gasteiger partial charge in [-0.2, -0.15) is 5.26 Å². The van der Waals surface area contributed by atoms with Gasteiger partial charge in [-0.05, 0) is 11.6 Å². The summed E-state index contributed by atoms with van der Waals surface area (Å²) in [6, 6.07) is 10.0. The number of hydrogen-bond donors (Lipinski definition) is 0. The van der Waals surface area contributed by atoms with E-state index in [0.717, 1.165) is 44.0 Å². The first-order chi connectivity index (χ1) is 7.40. The van der Waals surface area contributed by atoms with Crippen LogP contribution in [0.1, 0.15) is 11.1 Å². The molecule has 0 spiro atoms. The summed E-state index contributed by atoms with van der Waals surface area (Å²) < 4.78 is 5.29. The SMILES string of the molecule is N#Cc1ccccc1CN1CCOCC1. The number of nitrogens with zero attached hydrogens (tertiary/aromatic N) is 2. The molecule has 0 N–H and O–H groups in total. The van der Waals surface area contributed by atoms with Gasteiger partial charge in [0.1, 0.15) is 0 Å². The molecular weight excluding hydrogens is 188 g/mol. The van der Waals surface area contributed by atoms with Crippen LogP contribution in [0.3, 0.4) is 0 Å². The minimum atomic E-state index is 0.781. The third kappa shape index (κ3) is 2.56. The molecule has 78 valence electrons. The number of hydrogen-bond acceptors (Lipinski definition) is 3. The third-order valence-corrected chi connectivity index (χ3v) is 2.64. The Morgan fingerprint density at radius 1 is 1.27 bits per heavy atom. The van der Waals surface area contributed by atoms with E-state index in [0.29, 0.717) is 0 Å². The molecule has 0 radical (unpaired) electrons. The highest BCUT2D eigenvalue weighted by atomic mass is 16.5. The molecule has 0 atom stereocenters. The smallest absolute Gasteiger partial charge is 0.0995 e. The zero-order valence-electron chi connectivity index (χ0n) is 8.65. The van der Waals surface area contributed by atoms with Gasteiger partial charge in [0.25, 0.3) is 0 Å². The summed E-state index contributed by atoms with van der Waals surface area (Å²) in [5.74, 6) is 0. The van der Waals surface area contributed by atoms with Crippen molar-refractivity contribution in [1.82, 2.24) is 4.90 Å². The first-order valence-electron chi connectivity index (χ1n) is 5.18. The number of rotatable bonds is 2. The lowest BCUT2D eigenvalue weighted by atomic mass is 10.1. The van der Waals surface area contributed by atoms with Crippen molar-refractivity contribution in [3.05, 3.63) is 35.4 Å². The summed E-state index contributed by atoms with van der Waals surface area (Å²) >= 11 is 0. The van der Waals surface area contributed by atoms with Crippen LogP contribution in [0.25, 0.3) is 0 Å². The average molecular weight is 202 g/mol. The highest BCUT2D eigenvalue weighted by Gasteiger charge is 2.12. The topological polar surface area (TPSA) is 36.3 Å². The highest BCUT2D eigenvalue weighted by Crippen LogP contribution is 2.11. The number of nitriles is 1. The van der Waals surface area contributed by atoms with Crippen LogP contribution in [0.15, 0.2) is 24.3 Å². The second-order valence-corrected chi connectivity index (χ2v) is 3.66. The fourth-order valence-corrected chi connectivity index (χ4v) is 1.77. The Kier molecular flexibility index (Phi) is 3.33. The van der Waals surface area contributed by atoms with Gasteiger partial charge in [-0.3, -0.25) is 4.90 Å². The van der Waals surface area contributed by atoms with E-state index >= 15 is 0 Å². The minimum Gasteiger partial charge on any atom is -0.379 e. The van der Waals surface area contributed by atoms with Gasteiger partial charge in [0.15, 0.2) is 0 Å². The average Bonchev–Trinajstić information content (AvgIpc) is 2.31. The summed E-state index contributed by atoms with van der Waals surface area (Å²) in [6.07, 6.45) is 0. The van der Waals surface area contributed by atoms with E-state index in [1.54, 1.807) is 0 Å². The lowest BCUT2D eigenvalue weighted by molar-refractivity contribution is 0.0341. The maximum atomic E-state index is 8.95. The van der Waals surface area contributed by atoms with E-state index in [4.69, 9.17) is 10.00 Å². The first-order valence-corrected chi connectivity index (χ1v) is 5.18. The molecule has 0 saturated carbocycles. The maximum Gasteiger partial charge on any atom is 0.0995 e. The van der Waals surface area contributed by atoms with Crippen LogP contribution in [-0.4, -0.2) is 31.2 Å². The Bertz CT molecular complexity index is 364. The first kappa shape index (κ1) is 10.2. The van der Waals surface area contributed by atoms with Gasteiger partial charge in [0.05, 0.1) is 24.8 Å². The Balaban J connectivity index is 2.06. The lowest BCUT2D eigenvalue weighted by Crippen LogP contribution is -2.35. The zero-order chi connectivity index (χ0) is 10.5. The van der Waals surface area contributed by atoms with E-state index in [2.05, 4.69) is 11.0 Å². The van der Waals surface area contributed by atoms with Crippen molar-refractivity contribution in [2.24, 2.45) is 0 Å². The second-order valence-electron chi connectivity index (χ2n) is 3.66.